The maximum Gasteiger partial charge on any atom is 0.0913 e. The Balaban J connectivity index is 2.83. The van der Waals surface area contributed by atoms with E-state index in [1.165, 1.54) is 25.7 Å². The van der Waals surface area contributed by atoms with Crippen LogP contribution in [0.1, 0.15) is 25.7 Å². The fourth-order valence-corrected chi connectivity index (χ4v) is 1.33. The van der Waals surface area contributed by atoms with Crippen LogP contribution in [0.25, 0.3) is 0 Å². The molecule has 0 aliphatic heterocycles. The zero-order valence-electron chi connectivity index (χ0n) is 10.4. The van der Waals surface area contributed by atoms with Crippen LogP contribution in [0.5, 0.6) is 0 Å². The molecule has 0 atom stereocenters. The topological polar surface area (TPSA) is 65.7 Å². The van der Waals surface area contributed by atoms with Gasteiger partial charge in [-0.1, -0.05) is 12.8 Å². The molecular formula is C11H26N2O3. The molecule has 0 saturated heterocycles. The van der Waals surface area contributed by atoms with E-state index in [1.54, 1.807) is 7.11 Å². The molecule has 0 aromatic carbocycles. The molecular weight excluding hydrogens is 208 g/mol. The smallest absolute Gasteiger partial charge is 0.0913 e. The van der Waals surface area contributed by atoms with E-state index in [9.17, 15) is 0 Å². The van der Waals surface area contributed by atoms with Gasteiger partial charge < -0.3 is 19.6 Å². The van der Waals surface area contributed by atoms with E-state index in [-0.39, 0.29) is 0 Å². The number of hydrogen-bond acceptors (Lipinski definition) is 5. The van der Waals surface area contributed by atoms with Crippen molar-refractivity contribution < 1.29 is 14.3 Å². The van der Waals surface area contributed by atoms with Gasteiger partial charge in [-0.15, -0.1) is 0 Å². The predicted octanol–water partition coefficient (Wildman–Crippen LogP) is 0.690. The molecule has 0 fully saturated rings. The van der Waals surface area contributed by atoms with Gasteiger partial charge in [0.05, 0.1) is 19.8 Å². The Morgan fingerprint density at radius 1 is 0.875 bits per heavy atom. The van der Waals surface area contributed by atoms with E-state index in [1.807, 2.05) is 0 Å². The third kappa shape index (κ3) is 13.8. The normalized spacial score (nSPS) is 10.9. The van der Waals surface area contributed by atoms with Gasteiger partial charge in [0.1, 0.15) is 0 Å². The largest absolute Gasteiger partial charge is 0.385 e. The van der Waals surface area contributed by atoms with Gasteiger partial charge in [-0.25, -0.2) is 5.90 Å². The molecule has 16 heavy (non-hydrogen) atoms. The van der Waals surface area contributed by atoms with Gasteiger partial charge in [0.15, 0.2) is 0 Å². The number of unbranched alkanes of at least 4 members (excludes halogenated alkanes) is 3. The maximum atomic E-state index is 5.25. The minimum atomic E-state index is 0.458. The van der Waals surface area contributed by atoms with Crippen molar-refractivity contribution in [1.82, 2.24) is 5.32 Å². The van der Waals surface area contributed by atoms with Crippen molar-refractivity contribution in [3.63, 3.8) is 0 Å². The second-order valence-electron chi connectivity index (χ2n) is 3.64. The zero-order chi connectivity index (χ0) is 11.9. The molecule has 0 unspecified atom stereocenters. The van der Waals surface area contributed by atoms with Crippen molar-refractivity contribution in [2.24, 2.45) is 5.90 Å². The van der Waals surface area contributed by atoms with Crippen molar-refractivity contribution in [1.29, 1.82) is 0 Å². The zero-order valence-corrected chi connectivity index (χ0v) is 10.4. The molecule has 0 spiro atoms. The molecule has 0 rings (SSSR count). The van der Waals surface area contributed by atoms with Gasteiger partial charge in [0.25, 0.3) is 0 Å². The fraction of sp³-hybridized carbons (Fsp3) is 1.00. The summed E-state index contributed by atoms with van der Waals surface area (Å²) in [7, 11) is 1.75. The summed E-state index contributed by atoms with van der Waals surface area (Å²) >= 11 is 0. The van der Waals surface area contributed by atoms with Crippen molar-refractivity contribution >= 4 is 0 Å². The number of ether oxygens (including phenoxy) is 2. The van der Waals surface area contributed by atoms with Gasteiger partial charge in [-0.3, -0.25) is 0 Å². The molecule has 0 aliphatic rings. The Labute approximate surface area is 98.6 Å². The first kappa shape index (κ1) is 15.8. The van der Waals surface area contributed by atoms with Crippen LogP contribution >= 0.6 is 0 Å². The lowest BCUT2D eigenvalue weighted by Gasteiger charge is -2.05. The lowest BCUT2D eigenvalue weighted by Crippen LogP contribution is -2.22. The summed E-state index contributed by atoms with van der Waals surface area (Å²) in [6.45, 7) is 4.57. The number of methoxy groups -OCH3 is 1. The van der Waals surface area contributed by atoms with Gasteiger partial charge in [0.2, 0.25) is 0 Å². The van der Waals surface area contributed by atoms with E-state index < -0.39 is 0 Å². The highest BCUT2D eigenvalue weighted by atomic mass is 16.6. The highest BCUT2D eigenvalue weighted by Crippen LogP contribution is 1.98. The van der Waals surface area contributed by atoms with Crippen LogP contribution in [0.15, 0.2) is 0 Å². The van der Waals surface area contributed by atoms with Crippen molar-refractivity contribution in [2.45, 2.75) is 25.7 Å². The summed E-state index contributed by atoms with van der Waals surface area (Å²) in [5.41, 5.74) is 0. The predicted molar refractivity (Wildman–Crippen MR) is 64.2 cm³/mol. The molecule has 0 bridgehead atoms. The first-order chi connectivity index (χ1) is 7.91. The minimum absolute atomic E-state index is 0.458. The third-order valence-electron chi connectivity index (χ3n) is 2.22. The lowest BCUT2D eigenvalue weighted by atomic mass is 10.2. The highest BCUT2D eigenvalue weighted by Gasteiger charge is 1.91. The SMILES string of the molecule is COCCCCCCNCCOCCON. The van der Waals surface area contributed by atoms with Crippen molar-refractivity contribution in [2.75, 3.05) is 46.6 Å². The van der Waals surface area contributed by atoms with E-state index in [2.05, 4.69) is 10.2 Å². The molecule has 0 heterocycles. The number of rotatable bonds is 13. The summed E-state index contributed by atoms with van der Waals surface area (Å²) in [5.74, 6) is 4.85. The Hall–Kier alpha value is -0.200. The molecule has 0 aliphatic carbocycles. The van der Waals surface area contributed by atoms with Gasteiger partial charge in [-0.05, 0) is 19.4 Å². The average molecular weight is 234 g/mol. The van der Waals surface area contributed by atoms with E-state index in [0.717, 1.165) is 19.7 Å². The Bertz CT molecular complexity index is 112. The fourth-order valence-electron chi connectivity index (χ4n) is 1.33. The maximum absolute atomic E-state index is 5.25. The Morgan fingerprint density at radius 3 is 2.44 bits per heavy atom. The standard InChI is InChI=1S/C11H26N2O3/c1-14-8-5-3-2-4-6-13-7-9-15-10-11-16-12/h13H,2-12H2,1H3. The second kappa shape index (κ2) is 14.8. The quantitative estimate of drug-likeness (QED) is 0.362. The third-order valence-corrected chi connectivity index (χ3v) is 2.22. The number of nitrogens with two attached hydrogens (primary N) is 1. The van der Waals surface area contributed by atoms with Crippen LogP contribution in [-0.2, 0) is 14.3 Å². The van der Waals surface area contributed by atoms with Crippen LogP contribution in [0.3, 0.4) is 0 Å². The molecule has 0 aromatic heterocycles. The van der Waals surface area contributed by atoms with E-state index in [4.69, 9.17) is 15.4 Å². The summed E-state index contributed by atoms with van der Waals surface area (Å²) in [4.78, 5) is 4.38. The molecule has 98 valence electrons. The van der Waals surface area contributed by atoms with Crippen molar-refractivity contribution in [3.05, 3.63) is 0 Å². The van der Waals surface area contributed by atoms with Crippen LogP contribution in [0.2, 0.25) is 0 Å². The molecule has 0 radical (unpaired) electrons. The first-order valence-corrected chi connectivity index (χ1v) is 6.01. The Kier molecular flexibility index (Phi) is 14.6. The van der Waals surface area contributed by atoms with Gasteiger partial charge >= 0.3 is 0 Å². The van der Waals surface area contributed by atoms with E-state index >= 15 is 0 Å². The van der Waals surface area contributed by atoms with Gasteiger partial charge in [-0.2, -0.15) is 0 Å². The summed E-state index contributed by atoms with van der Waals surface area (Å²) in [6.07, 6.45) is 4.90. The highest BCUT2D eigenvalue weighted by molar-refractivity contribution is 4.48. The van der Waals surface area contributed by atoms with E-state index in [0.29, 0.717) is 19.8 Å². The molecule has 5 nitrogen and oxygen atoms in total. The average Bonchev–Trinajstić information content (AvgIpc) is 2.31. The minimum Gasteiger partial charge on any atom is -0.385 e. The monoisotopic (exact) mass is 234 g/mol. The number of nitrogens with one attached hydrogen (secondary N) is 1. The summed E-state index contributed by atoms with van der Waals surface area (Å²) < 4.78 is 10.2. The Morgan fingerprint density at radius 2 is 1.69 bits per heavy atom. The van der Waals surface area contributed by atoms with Crippen LogP contribution in [-0.4, -0.2) is 46.6 Å². The van der Waals surface area contributed by atoms with Gasteiger partial charge in [0, 0.05) is 20.3 Å². The molecule has 0 amide bonds. The second-order valence-corrected chi connectivity index (χ2v) is 3.64. The van der Waals surface area contributed by atoms with Crippen LogP contribution in [0, 0.1) is 0 Å². The lowest BCUT2D eigenvalue weighted by molar-refractivity contribution is 0.0489. The van der Waals surface area contributed by atoms with Crippen LogP contribution < -0.4 is 11.2 Å². The molecule has 0 saturated carbocycles. The molecule has 3 N–H and O–H groups in total. The van der Waals surface area contributed by atoms with Crippen molar-refractivity contribution in [3.8, 4) is 0 Å². The summed E-state index contributed by atoms with van der Waals surface area (Å²) in [6, 6.07) is 0. The van der Waals surface area contributed by atoms with Crippen LogP contribution in [0.4, 0.5) is 0 Å². The summed E-state index contributed by atoms with van der Waals surface area (Å²) in [5, 5.41) is 3.32. The number of hydrogen-bond donors (Lipinski definition) is 2. The first-order valence-electron chi connectivity index (χ1n) is 6.01. The molecule has 5 heteroatoms. The molecule has 0 aromatic rings.